The van der Waals surface area contributed by atoms with E-state index in [0.29, 0.717) is 17.5 Å². The zero-order chi connectivity index (χ0) is 7.68. The van der Waals surface area contributed by atoms with E-state index in [9.17, 15) is 0 Å². The topological polar surface area (TPSA) is 21.3 Å². The fourth-order valence-electron chi connectivity index (χ4n) is 1.91. The monoisotopic (exact) mass is 172 g/mol. The molecule has 0 aromatic heterocycles. The van der Waals surface area contributed by atoms with E-state index in [1.807, 2.05) is 0 Å². The van der Waals surface area contributed by atoms with Crippen molar-refractivity contribution >= 4 is 17.2 Å². The van der Waals surface area contributed by atoms with Crippen molar-refractivity contribution in [1.29, 1.82) is 0 Å². The summed E-state index contributed by atoms with van der Waals surface area (Å²) in [6.45, 7) is 0.829. The molecule has 2 fully saturated rings. The molecule has 1 N–H and O–H groups in total. The molecule has 1 aliphatic heterocycles. The van der Waals surface area contributed by atoms with E-state index in [1.165, 1.54) is 19.3 Å². The number of fused-ring (bicyclic) bond motifs is 1. The normalized spacial score (nSPS) is 43.5. The van der Waals surface area contributed by atoms with E-state index in [2.05, 4.69) is 11.2 Å². The van der Waals surface area contributed by atoms with Crippen LogP contribution >= 0.6 is 0 Å². The van der Waals surface area contributed by atoms with Crippen LogP contribution in [-0.4, -0.2) is 30.0 Å². The minimum absolute atomic E-state index is 0.425. The Bertz CT molecular complexity index is 162. The second kappa shape index (κ2) is 3.17. The SMILES string of the molecule is C=[S+]C1COC2CCCC2N1. The van der Waals surface area contributed by atoms with Crippen molar-refractivity contribution in [2.45, 2.75) is 36.8 Å². The van der Waals surface area contributed by atoms with Crippen molar-refractivity contribution in [2.75, 3.05) is 6.61 Å². The molecule has 3 atom stereocenters. The van der Waals surface area contributed by atoms with Gasteiger partial charge in [0.25, 0.3) is 5.37 Å². The van der Waals surface area contributed by atoms with Crippen molar-refractivity contribution in [3.05, 3.63) is 0 Å². The molecule has 0 spiro atoms. The Morgan fingerprint density at radius 1 is 1.45 bits per heavy atom. The van der Waals surface area contributed by atoms with E-state index < -0.39 is 0 Å². The second-order valence-corrected chi connectivity index (χ2v) is 4.13. The van der Waals surface area contributed by atoms with Gasteiger partial charge in [-0.25, -0.2) is 0 Å². The predicted molar refractivity (Wildman–Crippen MR) is 48.8 cm³/mol. The highest BCUT2D eigenvalue weighted by Gasteiger charge is 2.36. The van der Waals surface area contributed by atoms with E-state index >= 15 is 0 Å². The van der Waals surface area contributed by atoms with Gasteiger partial charge in [0.1, 0.15) is 6.61 Å². The molecule has 1 saturated heterocycles. The van der Waals surface area contributed by atoms with Crippen LogP contribution in [0.1, 0.15) is 19.3 Å². The molecule has 0 bridgehead atoms. The summed E-state index contributed by atoms with van der Waals surface area (Å²) in [6.07, 6.45) is 4.34. The van der Waals surface area contributed by atoms with Gasteiger partial charge >= 0.3 is 0 Å². The maximum atomic E-state index is 5.68. The summed E-state index contributed by atoms with van der Waals surface area (Å²) in [5, 5.41) is 3.97. The predicted octanol–water partition coefficient (Wildman–Crippen LogP) is 0.368. The Hall–Kier alpha value is 0.0100. The van der Waals surface area contributed by atoms with Crippen molar-refractivity contribution in [3.8, 4) is 0 Å². The molecule has 62 valence electrons. The van der Waals surface area contributed by atoms with Gasteiger partial charge in [-0.3, -0.25) is 5.32 Å². The largest absolute Gasteiger partial charge is 0.369 e. The number of nitrogens with one attached hydrogen (secondary N) is 1. The summed E-state index contributed by atoms with van der Waals surface area (Å²) in [5.41, 5.74) is 0. The lowest BCUT2D eigenvalue weighted by atomic mass is 10.2. The van der Waals surface area contributed by atoms with Crippen molar-refractivity contribution in [2.24, 2.45) is 0 Å². The number of ether oxygens (including phenoxy) is 1. The van der Waals surface area contributed by atoms with Crippen molar-refractivity contribution in [3.63, 3.8) is 0 Å². The minimum atomic E-state index is 0.425. The molecule has 0 aromatic rings. The van der Waals surface area contributed by atoms with Gasteiger partial charge in [0.2, 0.25) is 0 Å². The van der Waals surface area contributed by atoms with Crippen LogP contribution < -0.4 is 5.32 Å². The standard InChI is InChI=1S/C8H14NOS/c1-11-8-5-10-7-4-2-3-6(7)9-8/h6-9H,1-5H2/q+1. The maximum absolute atomic E-state index is 5.68. The van der Waals surface area contributed by atoms with Crippen LogP contribution in [0.3, 0.4) is 0 Å². The molecule has 1 saturated carbocycles. The quantitative estimate of drug-likeness (QED) is 0.456. The highest BCUT2D eigenvalue weighted by molar-refractivity contribution is 7.76. The number of hydrogen-bond donors (Lipinski definition) is 1. The Morgan fingerprint density at radius 3 is 3.18 bits per heavy atom. The lowest BCUT2D eigenvalue weighted by molar-refractivity contribution is 0.00444. The molecule has 3 heteroatoms. The molecule has 2 aliphatic rings. The van der Waals surface area contributed by atoms with Crippen molar-refractivity contribution < 1.29 is 4.74 Å². The number of hydrogen-bond acceptors (Lipinski definition) is 2. The average Bonchev–Trinajstić information content (AvgIpc) is 2.50. The third-order valence-corrected chi connectivity index (χ3v) is 3.19. The van der Waals surface area contributed by atoms with Crippen LogP contribution in [0.5, 0.6) is 0 Å². The first-order valence-corrected chi connectivity index (χ1v) is 5.23. The molecule has 0 amide bonds. The summed E-state index contributed by atoms with van der Waals surface area (Å²) < 4.78 is 5.68. The lowest BCUT2D eigenvalue weighted by Crippen LogP contribution is -2.51. The fraction of sp³-hybridized carbons (Fsp3) is 0.875. The summed E-state index contributed by atoms with van der Waals surface area (Å²) >= 11 is 1.61. The van der Waals surface area contributed by atoms with E-state index in [-0.39, 0.29) is 0 Å². The first-order chi connectivity index (χ1) is 5.40. The molecule has 0 aromatic carbocycles. The molecular weight excluding hydrogens is 158 g/mol. The highest BCUT2D eigenvalue weighted by atomic mass is 32.1. The van der Waals surface area contributed by atoms with Gasteiger partial charge in [-0.05, 0) is 19.3 Å². The van der Waals surface area contributed by atoms with Crippen LogP contribution in [-0.2, 0) is 16.1 Å². The van der Waals surface area contributed by atoms with Crippen LogP contribution in [0.25, 0.3) is 0 Å². The van der Waals surface area contributed by atoms with Crippen molar-refractivity contribution in [1.82, 2.24) is 5.32 Å². The fourth-order valence-corrected chi connectivity index (χ4v) is 2.36. The molecule has 2 nitrogen and oxygen atoms in total. The Morgan fingerprint density at radius 2 is 2.36 bits per heavy atom. The van der Waals surface area contributed by atoms with Crippen LogP contribution in [0.2, 0.25) is 0 Å². The van der Waals surface area contributed by atoms with E-state index in [1.54, 1.807) is 11.4 Å². The molecular formula is C8H14NOS+. The van der Waals surface area contributed by atoms with E-state index in [0.717, 1.165) is 6.61 Å². The third kappa shape index (κ3) is 1.45. The van der Waals surface area contributed by atoms with Gasteiger partial charge < -0.3 is 4.74 Å². The van der Waals surface area contributed by atoms with Crippen LogP contribution in [0, 0.1) is 0 Å². The Balaban J connectivity index is 1.96. The smallest absolute Gasteiger partial charge is 0.260 e. The van der Waals surface area contributed by atoms with Gasteiger partial charge in [0.15, 0.2) is 17.2 Å². The lowest BCUT2D eigenvalue weighted by Gasteiger charge is -2.27. The minimum Gasteiger partial charge on any atom is -0.369 e. The van der Waals surface area contributed by atoms with Gasteiger partial charge in [0.05, 0.1) is 6.10 Å². The number of morpholine rings is 1. The Labute approximate surface area is 71.3 Å². The molecule has 3 unspecified atom stereocenters. The summed E-state index contributed by atoms with van der Waals surface area (Å²) in [4.78, 5) is 0. The van der Waals surface area contributed by atoms with Gasteiger partial charge in [-0.15, -0.1) is 0 Å². The maximum Gasteiger partial charge on any atom is 0.260 e. The van der Waals surface area contributed by atoms with E-state index in [4.69, 9.17) is 4.74 Å². The molecule has 0 radical (unpaired) electrons. The average molecular weight is 172 g/mol. The molecule has 11 heavy (non-hydrogen) atoms. The zero-order valence-electron chi connectivity index (χ0n) is 6.58. The summed E-state index contributed by atoms with van der Waals surface area (Å²) in [6, 6.07) is 0.614. The molecule has 2 rings (SSSR count). The molecule has 1 aliphatic carbocycles. The van der Waals surface area contributed by atoms with Crippen LogP contribution in [0.15, 0.2) is 0 Å². The summed E-state index contributed by atoms with van der Waals surface area (Å²) in [5.74, 6) is 3.80. The summed E-state index contributed by atoms with van der Waals surface area (Å²) in [7, 11) is 0. The van der Waals surface area contributed by atoms with Gasteiger partial charge in [-0.2, -0.15) is 0 Å². The third-order valence-electron chi connectivity index (χ3n) is 2.52. The highest BCUT2D eigenvalue weighted by Crippen LogP contribution is 2.25. The molecule has 1 heterocycles. The zero-order valence-corrected chi connectivity index (χ0v) is 7.40. The first-order valence-electron chi connectivity index (χ1n) is 4.18. The number of rotatable bonds is 1. The Kier molecular flexibility index (Phi) is 2.20. The van der Waals surface area contributed by atoms with Gasteiger partial charge in [0, 0.05) is 6.04 Å². The van der Waals surface area contributed by atoms with Gasteiger partial charge in [-0.1, -0.05) is 0 Å². The first kappa shape index (κ1) is 7.65. The second-order valence-electron chi connectivity index (χ2n) is 3.23. The van der Waals surface area contributed by atoms with Crippen LogP contribution in [0.4, 0.5) is 0 Å².